The zero-order valence-corrected chi connectivity index (χ0v) is 5.55. The maximum atomic E-state index is 10.7. The van der Waals surface area contributed by atoms with Crippen LogP contribution in [0.5, 0.6) is 0 Å². The highest BCUT2D eigenvalue weighted by Gasteiger charge is 2.21. The van der Waals surface area contributed by atoms with Crippen LogP contribution in [0.2, 0.25) is 0 Å². The van der Waals surface area contributed by atoms with Crippen LogP contribution in [0.25, 0.3) is 0 Å². The van der Waals surface area contributed by atoms with Gasteiger partial charge in [-0.05, 0) is 25.8 Å². The Bertz CT molecular complexity index is 136. The lowest BCUT2D eigenvalue weighted by atomic mass is 10.5. The first-order valence-electron chi connectivity index (χ1n) is 3.26. The largest absolute Gasteiger partial charge is 0.350 e. The first-order chi connectivity index (χ1) is 4.33. The molecule has 0 saturated heterocycles. The van der Waals surface area contributed by atoms with Crippen LogP contribution in [-0.2, 0) is 4.79 Å². The number of carbonyl (C=O) groups excluding carboxylic acids is 1. The summed E-state index contributed by atoms with van der Waals surface area (Å²) in [6.45, 7) is 1.84. The van der Waals surface area contributed by atoms with Crippen LogP contribution in [0.4, 0.5) is 0 Å². The molecule has 1 rings (SSSR count). The molecule has 1 saturated carbocycles. The highest BCUT2D eigenvalue weighted by Crippen LogP contribution is 2.18. The van der Waals surface area contributed by atoms with Gasteiger partial charge in [-0.2, -0.15) is 0 Å². The Balaban J connectivity index is 2.17. The predicted octanol–water partition coefficient (Wildman–Crippen LogP) is 0.841. The van der Waals surface area contributed by atoms with E-state index >= 15 is 0 Å². The molecule has 9 heavy (non-hydrogen) atoms. The lowest BCUT2D eigenvalue weighted by molar-refractivity contribution is -0.116. The van der Waals surface area contributed by atoms with Crippen molar-refractivity contribution in [3.05, 3.63) is 12.2 Å². The van der Waals surface area contributed by atoms with E-state index < -0.39 is 0 Å². The van der Waals surface area contributed by atoms with Gasteiger partial charge in [0, 0.05) is 6.04 Å². The number of nitrogens with one attached hydrogen (secondary N) is 1. The quantitative estimate of drug-likeness (QED) is 0.544. The van der Waals surface area contributed by atoms with Crippen LogP contribution >= 0.6 is 0 Å². The van der Waals surface area contributed by atoms with E-state index in [0.29, 0.717) is 6.04 Å². The highest BCUT2D eigenvalue weighted by atomic mass is 16.1. The minimum Gasteiger partial charge on any atom is -0.350 e. The second-order valence-corrected chi connectivity index (χ2v) is 2.28. The summed E-state index contributed by atoms with van der Waals surface area (Å²) in [7, 11) is 0. The van der Waals surface area contributed by atoms with Crippen molar-refractivity contribution in [3.8, 4) is 0 Å². The molecule has 0 heterocycles. The van der Waals surface area contributed by atoms with Gasteiger partial charge in [-0.1, -0.05) is 6.08 Å². The van der Waals surface area contributed by atoms with Gasteiger partial charge in [0.05, 0.1) is 0 Å². The smallest absolute Gasteiger partial charge is 0.243 e. The van der Waals surface area contributed by atoms with Crippen molar-refractivity contribution in [1.82, 2.24) is 5.32 Å². The monoisotopic (exact) mass is 125 g/mol. The van der Waals surface area contributed by atoms with Crippen LogP contribution in [0.15, 0.2) is 12.2 Å². The van der Waals surface area contributed by atoms with Crippen molar-refractivity contribution in [3.63, 3.8) is 0 Å². The molecule has 2 nitrogen and oxygen atoms in total. The molecule has 1 aliphatic rings. The molecular formula is C7H11NO. The van der Waals surface area contributed by atoms with E-state index in [0.717, 1.165) is 12.8 Å². The van der Waals surface area contributed by atoms with Crippen molar-refractivity contribution in [2.45, 2.75) is 25.8 Å². The molecule has 2 heteroatoms. The van der Waals surface area contributed by atoms with Gasteiger partial charge < -0.3 is 5.32 Å². The first-order valence-corrected chi connectivity index (χ1v) is 3.26. The van der Waals surface area contributed by atoms with Crippen molar-refractivity contribution in [1.29, 1.82) is 0 Å². The number of carbonyl (C=O) groups is 1. The van der Waals surface area contributed by atoms with E-state index in [1.165, 1.54) is 0 Å². The Kier molecular flexibility index (Phi) is 1.88. The summed E-state index contributed by atoms with van der Waals surface area (Å²) in [4.78, 5) is 10.7. The molecule has 0 aromatic rings. The zero-order chi connectivity index (χ0) is 6.69. The van der Waals surface area contributed by atoms with Crippen LogP contribution in [0.3, 0.4) is 0 Å². The minimum atomic E-state index is 0.0417. The number of hydrogen-bond acceptors (Lipinski definition) is 1. The molecule has 0 aromatic carbocycles. The fraction of sp³-hybridized carbons (Fsp3) is 0.571. The molecule has 1 fully saturated rings. The van der Waals surface area contributed by atoms with E-state index in [9.17, 15) is 4.79 Å². The van der Waals surface area contributed by atoms with Gasteiger partial charge in [-0.15, -0.1) is 0 Å². The molecule has 1 aliphatic carbocycles. The highest BCUT2D eigenvalue weighted by molar-refractivity contribution is 5.87. The molecule has 1 N–H and O–H groups in total. The molecule has 50 valence electrons. The summed E-state index contributed by atoms with van der Waals surface area (Å²) in [5, 5.41) is 2.83. The second kappa shape index (κ2) is 2.67. The summed E-state index contributed by atoms with van der Waals surface area (Å²) in [5.74, 6) is 0.0417. The van der Waals surface area contributed by atoms with Crippen LogP contribution in [-0.4, -0.2) is 11.9 Å². The maximum Gasteiger partial charge on any atom is 0.243 e. The fourth-order valence-corrected chi connectivity index (χ4v) is 0.628. The van der Waals surface area contributed by atoms with Gasteiger partial charge >= 0.3 is 0 Å². The lowest BCUT2D eigenvalue weighted by Gasteiger charge is -1.94. The van der Waals surface area contributed by atoms with Crippen molar-refractivity contribution in [2.24, 2.45) is 0 Å². The average molecular weight is 125 g/mol. The van der Waals surface area contributed by atoms with E-state index in [-0.39, 0.29) is 5.91 Å². The minimum absolute atomic E-state index is 0.0417. The molecule has 0 bridgehead atoms. The van der Waals surface area contributed by atoms with Crippen LogP contribution < -0.4 is 5.32 Å². The molecular weight excluding hydrogens is 114 g/mol. The zero-order valence-electron chi connectivity index (χ0n) is 5.55. The Hall–Kier alpha value is -0.790. The SMILES string of the molecule is C/C=C/C(=O)NC1CC1. The van der Waals surface area contributed by atoms with Crippen molar-refractivity contribution >= 4 is 5.91 Å². The standard InChI is InChI=1S/C7H11NO/c1-2-3-7(9)8-6-4-5-6/h2-3,6H,4-5H2,1H3,(H,8,9)/b3-2+. The Morgan fingerprint density at radius 2 is 2.33 bits per heavy atom. The number of amides is 1. The number of allylic oxidation sites excluding steroid dienone is 1. The Morgan fingerprint density at radius 1 is 1.67 bits per heavy atom. The molecule has 0 spiro atoms. The van der Waals surface area contributed by atoms with E-state index in [2.05, 4.69) is 5.32 Å². The molecule has 0 aromatic heterocycles. The van der Waals surface area contributed by atoms with Crippen molar-refractivity contribution < 1.29 is 4.79 Å². The third-order valence-electron chi connectivity index (χ3n) is 1.24. The van der Waals surface area contributed by atoms with E-state index in [1.807, 2.05) is 6.92 Å². The van der Waals surface area contributed by atoms with Gasteiger partial charge in [-0.25, -0.2) is 0 Å². The second-order valence-electron chi connectivity index (χ2n) is 2.28. The van der Waals surface area contributed by atoms with Gasteiger partial charge in [0.2, 0.25) is 5.91 Å². The number of hydrogen-bond donors (Lipinski definition) is 1. The third kappa shape index (κ3) is 2.31. The third-order valence-corrected chi connectivity index (χ3v) is 1.24. The first kappa shape index (κ1) is 6.33. The summed E-state index contributed by atoms with van der Waals surface area (Å²) >= 11 is 0. The Labute approximate surface area is 54.9 Å². The average Bonchev–Trinajstić information content (AvgIpc) is 2.50. The number of rotatable bonds is 2. The summed E-state index contributed by atoms with van der Waals surface area (Å²) < 4.78 is 0. The summed E-state index contributed by atoms with van der Waals surface area (Å²) in [5.41, 5.74) is 0. The molecule has 0 aliphatic heterocycles. The maximum absolute atomic E-state index is 10.7. The molecule has 1 amide bonds. The topological polar surface area (TPSA) is 29.1 Å². The normalized spacial score (nSPS) is 18.3. The van der Waals surface area contributed by atoms with Gasteiger partial charge in [-0.3, -0.25) is 4.79 Å². The van der Waals surface area contributed by atoms with Crippen molar-refractivity contribution in [2.75, 3.05) is 0 Å². The molecule has 0 radical (unpaired) electrons. The van der Waals surface area contributed by atoms with E-state index in [4.69, 9.17) is 0 Å². The molecule has 0 unspecified atom stereocenters. The van der Waals surface area contributed by atoms with Gasteiger partial charge in [0.15, 0.2) is 0 Å². The van der Waals surface area contributed by atoms with Crippen LogP contribution in [0, 0.1) is 0 Å². The molecule has 0 atom stereocenters. The van der Waals surface area contributed by atoms with Crippen LogP contribution in [0.1, 0.15) is 19.8 Å². The Morgan fingerprint density at radius 3 is 2.78 bits per heavy atom. The fourth-order valence-electron chi connectivity index (χ4n) is 0.628. The summed E-state index contributed by atoms with van der Waals surface area (Å²) in [6, 6.07) is 0.480. The van der Waals surface area contributed by atoms with Gasteiger partial charge in [0.25, 0.3) is 0 Å². The lowest BCUT2D eigenvalue weighted by Crippen LogP contribution is -2.22. The van der Waals surface area contributed by atoms with Gasteiger partial charge in [0.1, 0.15) is 0 Å². The predicted molar refractivity (Wildman–Crippen MR) is 36.0 cm³/mol. The van der Waals surface area contributed by atoms with E-state index in [1.54, 1.807) is 12.2 Å². The summed E-state index contributed by atoms with van der Waals surface area (Å²) in [6.07, 6.45) is 5.61.